The lowest BCUT2D eigenvalue weighted by Gasteiger charge is -2.20. The summed E-state index contributed by atoms with van der Waals surface area (Å²) < 4.78 is 2.92. The van der Waals surface area contributed by atoms with Crippen LogP contribution in [0.2, 0.25) is 0 Å². The number of carbonyl (C=O) groups is 1. The van der Waals surface area contributed by atoms with E-state index < -0.39 is 0 Å². The van der Waals surface area contributed by atoms with Crippen LogP contribution in [0.25, 0.3) is 10.9 Å². The SMILES string of the molecule is Cc1ccc(C(C)NC(=O)Cn2nc(C)c3cnn(C(C)(C)C)c3c2=O)cc1. The summed E-state index contributed by atoms with van der Waals surface area (Å²) in [6.45, 7) is 11.6. The second kappa shape index (κ2) is 7.22. The van der Waals surface area contributed by atoms with Gasteiger partial charge in [-0.05, 0) is 47.1 Å². The van der Waals surface area contributed by atoms with Gasteiger partial charge in [0.25, 0.3) is 5.56 Å². The van der Waals surface area contributed by atoms with Crippen molar-refractivity contribution in [2.45, 2.75) is 59.7 Å². The molecule has 0 aliphatic heterocycles. The minimum absolute atomic E-state index is 0.138. The molecule has 2 aromatic heterocycles. The minimum Gasteiger partial charge on any atom is -0.348 e. The van der Waals surface area contributed by atoms with Crippen LogP contribution in [0, 0.1) is 13.8 Å². The molecule has 0 radical (unpaired) electrons. The molecule has 1 atom stereocenters. The molecular weight excluding hydrogens is 354 g/mol. The largest absolute Gasteiger partial charge is 0.348 e. The van der Waals surface area contributed by atoms with Crippen molar-refractivity contribution in [3.8, 4) is 0 Å². The van der Waals surface area contributed by atoms with Crippen molar-refractivity contribution in [2.75, 3.05) is 0 Å². The molecule has 28 heavy (non-hydrogen) atoms. The van der Waals surface area contributed by atoms with E-state index in [2.05, 4.69) is 15.5 Å². The van der Waals surface area contributed by atoms with E-state index in [0.29, 0.717) is 16.6 Å². The van der Waals surface area contributed by atoms with Crippen molar-refractivity contribution in [2.24, 2.45) is 0 Å². The molecule has 7 nitrogen and oxygen atoms in total. The first-order valence-corrected chi connectivity index (χ1v) is 9.40. The molecule has 1 N–H and O–H groups in total. The van der Waals surface area contributed by atoms with Crippen molar-refractivity contribution in [1.29, 1.82) is 0 Å². The molecule has 3 aromatic rings. The number of hydrogen-bond donors (Lipinski definition) is 1. The second-order valence-corrected chi connectivity index (χ2v) is 8.24. The average molecular weight is 381 g/mol. The number of aromatic nitrogens is 4. The maximum Gasteiger partial charge on any atom is 0.293 e. The van der Waals surface area contributed by atoms with Crippen molar-refractivity contribution < 1.29 is 4.79 Å². The summed E-state index contributed by atoms with van der Waals surface area (Å²) in [7, 11) is 0. The van der Waals surface area contributed by atoms with E-state index in [4.69, 9.17) is 0 Å². The Kier molecular flexibility index (Phi) is 5.10. The van der Waals surface area contributed by atoms with E-state index >= 15 is 0 Å². The third-order valence-corrected chi connectivity index (χ3v) is 4.75. The average Bonchev–Trinajstić information content (AvgIpc) is 3.06. The zero-order valence-electron chi connectivity index (χ0n) is 17.3. The van der Waals surface area contributed by atoms with Gasteiger partial charge in [-0.25, -0.2) is 4.68 Å². The van der Waals surface area contributed by atoms with Gasteiger partial charge in [-0.2, -0.15) is 10.2 Å². The van der Waals surface area contributed by atoms with E-state index in [1.807, 2.05) is 65.8 Å². The molecule has 1 unspecified atom stereocenters. The molecule has 1 aromatic carbocycles. The zero-order valence-corrected chi connectivity index (χ0v) is 17.3. The van der Waals surface area contributed by atoms with Crippen LogP contribution in [-0.2, 0) is 16.9 Å². The molecule has 0 spiro atoms. The normalized spacial score (nSPS) is 12.9. The van der Waals surface area contributed by atoms with Gasteiger partial charge in [-0.3, -0.25) is 14.3 Å². The minimum atomic E-state index is -0.352. The molecule has 7 heteroatoms. The number of benzene rings is 1. The number of amides is 1. The van der Waals surface area contributed by atoms with Gasteiger partial charge in [0, 0.05) is 5.39 Å². The first-order valence-electron chi connectivity index (χ1n) is 9.40. The fourth-order valence-corrected chi connectivity index (χ4v) is 3.20. The topological polar surface area (TPSA) is 81.8 Å². The predicted molar refractivity (Wildman–Crippen MR) is 109 cm³/mol. The van der Waals surface area contributed by atoms with Crippen LogP contribution in [0.5, 0.6) is 0 Å². The maximum absolute atomic E-state index is 13.0. The van der Waals surface area contributed by atoms with Crippen molar-refractivity contribution >= 4 is 16.8 Å². The summed E-state index contributed by atoms with van der Waals surface area (Å²) in [5.74, 6) is -0.261. The molecule has 0 bridgehead atoms. The van der Waals surface area contributed by atoms with Gasteiger partial charge < -0.3 is 5.32 Å². The number of nitrogens with one attached hydrogen (secondary N) is 1. The van der Waals surface area contributed by atoms with Crippen LogP contribution in [-0.4, -0.2) is 25.5 Å². The molecule has 0 aliphatic carbocycles. The number of carbonyl (C=O) groups excluding carboxylic acids is 1. The lowest BCUT2D eigenvalue weighted by Crippen LogP contribution is -2.36. The van der Waals surface area contributed by atoms with E-state index in [1.165, 1.54) is 4.68 Å². The first kappa shape index (κ1) is 19.8. The summed E-state index contributed by atoms with van der Waals surface area (Å²) in [6.07, 6.45) is 1.66. The monoisotopic (exact) mass is 381 g/mol. The van der Waals surface area contributed by atoms with E-state index in [9.17, 15) is 9.59 Å². The summed E-state index contributed by atoms with van der Waals surface area (Å²) >= 11 is 0. The van der Waals surface area contributed by atoms with E-state index in [1.54, 1.807) is 10.9 Å². The Morgan fingerprint density at radius 3 is 2.43 bits per heavy atom. The van der Waals surface area contributed by atoms with Crippen LogP contribution in [0.15, 0.2) is 35.3 Å². The first-order chi connectivity index (χ1) is 13.1. The Bertz CT molecular complexity index is 1070. The standard InChI is InChI=1S/C21H27N5O2/c1-13-7-9-16(10-8-13)14(2)23-18(27)12-25-20(28)19-17(15(3)24-25)11-22-26(19)21(4,5)6/h7-11,14H,12H2,1-6H3,(H,23,27). The smallest absolute Gasteiger partial charge is 0.293 e. The van der Waals surface area contributed by atoms with Crippen LogP contribution in [0.1, 0.15) is 50.6 Å². The Hall–Kier alpha value is -2.96. The summed E-state index contributed by atoms with van der Waals surface area (Å²) in [6, 6.07) is 7.84. The Morgan fingerprint density at radius 1 is 1.18 bits per heavy atom. The molecule has 0 saturated carbocycles. The number of fused-ring (bicyclic) bond motifs is 1. The number of nitrogens with zero attached hydrogens (tertiary/aromatic N) is 4. The zero-order chi connectivity index (χ0) is 20.6. The van der Waals surface area contributed by atoms with Gasteiger partial charge in [-0.15, -0.1) is 0 Å². The number of aryl methyl sites for hydroxylation is 2. The highest BCUT2D eigenvalue weighted by Crippen LogP contribution is 2.20. The van der Waals surface area contributed by atoms with Gasteiger partial charge in [0.1, 0.15) is 12.1 Å². The molecule has 3 rings (SSSR count). The van der Waals surface area contributed by atoms with Gasteiger partial charge in [0.15, 0.2) is 0 Å². The van der Waals surface area contributed by atoms with Gasteiger partial charge in [-0.1, -0.05) is 29.8 Å². The predicted octanol–water partition coefficient (Wildman–Crippen LogP) is 2.84. The molecule has 0 fully saturated rings. The van der Waals surface area contributed by atoms with Gasteiger partial charge in [0.05, 0.1) is 23.5 Å². The van der Waals surface area contributed by atoms with Crippen molar-refractivity contribution in [3.63, 3.8) is 0 Å². The molecular formula is C21H27N5O2. The molecule has 1 amide bonds. The number of hydrogen-bond acceptors (Lipinski definition) is 4. The Balaban J connectivity index is 1.87. The summed E-state index contributed by atoms with van der Waals surface area (Å²) in [5, 5.41) is 12.3. The van der Waals surface area contributed by atoms with Crippen LogP contribution in [0.4, 0.5) is 0 Å². The maximum atomic E-state index is 13.0. The van der Waals surface area contributed by atoms with Gasteiger partial charge in [0.2, 0.25) is 5.91 Å². The number of rotatable bonds is 4. The summed E-state index contributed by atoms with van der Waals surface area (Å²) in [4.78, 5) is 25.5. The molecule has 148 valence electrons. The fraction of sp³-hybridized carbons (Fsp3) is 0.429. The molecule has 0 saturated heterocycles. The highest BCUT2D eigenvalue weighted by atomic mass is 16.2. The highest BCUT2D eigenvalue weighted by Gasteiger charge is 2.22. The lowest BCUT2D eigenvalue weighted by atomic mass is 10.1. The van der Waals surface area contributed by atoms with Crippen LogP contribution in [0.3, 0.4) is 0 Å². The highest BCUT2D eigenvalue weighted by molar-refractivity contribution is 5.81. The van der Waals surface area contributed by atoms with Crippen LogP contribution >= 0.6 is 0 Å². The van der Waals surface area contributed by atoms with E-state index in [-0.39, 0.29) is 29.6 Å². The lowest BCUT2D eigenvalue weighted by molar-refractivity contribution is -0.122. The third kappa shape index (κ3) is 3.83. The second-order valence-electron chi connectivity index (χ2n) is 8.24. The molecule has 2 heterocycles. The van der Waals surface area contributed by atoms with Crippen molar-refractivity contribution in [1.82, 2.24) is 24.9 Å². The van der Waals surface area contributed by atoms with Gasteiger partial charge >= 0.3 is 0 Å². The van der Waals surface area contributed by atoms with E-state index in [0.717, 1.165) is 11.1 Å². The third-order valence-electron chi connectivity index (χ3n) is 4.75. The fourth-order valence-electron chi connectivity index (χ4n) is 3.20. The van der Waals surface area contributed by atoms with Crippen molar-refractivity contribution in [3.05, 3.63) is 57.6 Å². The quantitative estimate of drug-likeness (QED) is 0.753. The summed E-state index contributed by atoms with van der Waals surface area (Å²) in [5.41, 5.74) is 2.65. The Labute approximate surface area is 164 Å². The molecule has 0 aliphatic rings. The van der Waals surface area contributed by atoms with Crippen LogP contribution < -0.4 is 10.9 Å². The Morgan fingerprint density at radius 2 is 1.82 bits per heavy atom.